The van der Waals surface area contributed by atoms with Crippen molar-refractivity contribution < 1.29 is 5.11 Å². The SMILES string of the molecule is CC(C)(O)/C=C/C[C@@H]1C[C@@]2(Cl)C(Cl)=C(Cl)[C@]1(Cl)C2(Cl)Cl. The van der Waals surface area contributed by atoms with Crippen LogP contribution in [0.4, 0.5) is 0 Å². The largest absolute Gasteiger partial charge is 0.386 e. The third kappa shape index (κ3) is 2.24. The summed E-state index contributed by atoms with van der Waals surface area (Å²) in [5.41, 5.74) is -0.897. The van der Waals surface area contributed by atoms with E-state index in [1.54, 1.807) is 19.9 Å². The van der Waals surface area contributed by atoms with Crippen LogP contribution in [0.1, 0.15) is 26.7 Å². The smallest absolute Gasteiger partial charge is 0.166 e. The minimum absolute atomic E-state index is 0.162. The molecule has 0 heterocycles. The number of alkyl halides is 4. The lowest BCUT2D eigenvalue weighted by Crippen LogP contribution is -2.44. The lowest BCUT2D eigenvalue weighted by atomic mass is 9.88. The summed E-state index contributed by atoms with van der Waals surface area (Å²) in [6.07, 6.45) is 4.49. The first-order chi connectivity index (χ1) is 8.88. The molecule has 0 aliphatic heterocycles. The highest BCUT2D eigenvalue weighted by atomic mass is 35.5. The van der Waals surface area contributed by atoms with Gasteiger partial charge in [0.15, 0.2) is 4.33 Å². The molecule has 0 spiro atoms. The maximum atomic E-state index is 9.68. The topological polar surface area (TPSA) is 20.2 Å². The van der Waals surface area contributed by atoms with Gasteiger partial charge in [-0.1, -0.05) is 58.6 Å². The Bertz CT molecular complexity index is 492. The van der Waals surface area contributed by atoms with Crippen molar-refractivity contribution in [1.29, 1.82) is 0 Å². The summed E-state index contributed by atoms with van der Waals surface area (Å²) < 4.78 is -1.47. The molecule has 2 rings (SSSR count). The second kappa shape index (κ2) is 5.09. The fraction of sp³-hybridized carbons (Fsp3) is 0.692. The molecule has 3 atom stereocenters. The van der Waals surface area contributed by atoms with E-state index >= 15 is 0 Å². The summed E-state index contributed by atoms with van der Waals surface area (Å²) in [5.74, 6) is -0.162. The van der Waals surface area contributed by atoms with Crippen LogP contribution in [-0.4, -0.2) is 24.8 Å². The zero-order valence-corrected chi connectivity index (χ0v) is 15.4. The third-order valence-electron chi connectivity index (χ3n) is 3.85. The number of hydrogen-bond acceptors (Lipinski definition) is 1. The Kier molecular flexibility index (Phi) is 4.46. The van der Waals surface area contributed by atoms with E-state index in [1.807, 2.05) is 6.08 Å². The van der Waals surface area contributed by atoms with Crippen molar-refractivity contribution >= 4 is 69.6 Å². The van der Waals surface area contributed by atoms with Crippen LogP contribution in [0.3, 0.4) is 0 Å². The quantitative estimate of drug-likeness (QED) is 0.487. The summed E-state index contributed by atoms with van der Waals surface area (Å²) in [6.45, 7) is 3.36. The Balaban J connectivity index is 2.31. The molecule has 2 bridgehead atoms. The van der Waals surface area contributed by atoms with Gasteiger partial charge >= 0.3 is 0 Å². The van der Waals surface area contributed by atoms with E-state index in [2.05, 4.69) is 0 Å². The first kappa shape index (κ1) is 17.5. The van der Waals surface area contributed by atoms with Crippen LogP contribution in [-0.2, 0) is 0 Å². The number of halogens is 6. The minimum Gasteiger partial charge on any atom is -0.386 e. The molecule has 1 nitrogen and oxygen atoms in total. The van der Waals surface area contributed by atoms with E-state index in [9.17, 15) is 5.11 Å². The fourth-order valence-electron chi connectivity index (χ4n) is 2.80. The summed E-state index contributed by atoms with van der Waals surface area (Å²) in [5, 5.41) is 10.1. The molecule has 1 fully saturated rings. The molecule has 2 aliphatic rings. The van der Waals surface area contributed by atoms with Gasteiger partial charge in [0, 0.05) is 0 Å². The van der Waals surface area contributed by atoms with Crippen LogP contribution in [0.5, 0.6) is 0 Å². The molecule has 0 aromatic carbocycles. The molecule has 1 N–H and O–H groups in total. The lowest BCUT2D eigenvalue weighted by molar-refractivity contribution is 0.132. The molecule has 2 aliphatic carbocycles. The molecule has 0 saturated heterocycles. The van der Waals surface area contributed by atoms with Crippen LogP contribution in [0, 0.1) is 5.92 Å². The van der Waals surface area contributed by atoms with Crippen molar-refractivity contribution in [2.75, 3.05) is 0 Å². The van der Waals surface area contributed by atoms with Crippen LogP contribution < -0.4 is 0 Å². The van der Waals surface area contributed by atoms with E-state index in [4.69, 9.17) is 69.6 Å². The van der Waals surface area contributed by atoms with Crippen molar-refractivity contribution in [2.45, 2.75) is 46.4 Å². The van der Waals surface area contributed by atoms with Gasteiger partial charge in [0.2, 0.25) is 0 Å². The molecular formula is C13H14Cl6O. The van der Waals surface area contributed by atoms with Gasteiger partial charge in [0.05, 0.1) is 15.7 Å². The summed E-state index contributed by atoms with van der Waals surface area (Å²) in [4.78, 5) is -2.37. The van der Waals surface area contributed by atoms with Crippen LogP contribution >= 0.6 is 69.6 Å². The van der Waals surface area contributed by atoms with E-state index in [0.717, 1.165) is 0 Å². The predicted molar refractivity (Wildman–Crippen MR) is 88.5 cm³/mol. The van der Waals surface area contributed by atoms with Crippen molar-refractivity contribution in [3.05, 3.63) is 22.2 Å². The Morgan fingerprint density at radius 3 is 2.15 bits per heavy atom. The van der Waals surface area contributed by atoms with Gasteiger partial charge in [-0.05, 0) is 32.6 Å². The molecule has 20 heavy (non-hydrogen) atoms. The van der Waals surface area contributed by atoms with Crippen LogP contribution in [0.25, 0.3) is 0 Å². The van der Waals surface area contributed by atoms with Gasteiger partial charge < -0.3 is 5.11 Å². The van der Waals surface area contributed by atoms with Gasteiger partial charge in [-0.15, -0.1) is 23.2 Å². The molecule has 114 valence electrons. The highest BCUT2D eigenvalue weighted by Gasteiger charge is 2.77. The van der Waals surface area contributed by atoms with Gasteiger partial charge in [-0.3, -0.25) is 0 Å². The normalized spacial score (nSPS) is 40.1. The zero-order chi connectivity index (χ0) is 15.6. The number of rotatable bonds is 3. The molecule has 0 aromatic heterocycles. The van der Waals surface area contributed by atoms with Gasteiger partial charge in [0.1, 0.15) is 9.75 Å². The first-order valence-electron chi connectivity index (χ1n) is 6.10. The summed E-state index contributed by atoms with van der Waals surface area (Å²) in [6, 6.07) is 0. The van der Waals surface area contributed by atoms with E-state index in [1.165, 1.54) is 0 Å². The molecule has 0 aromatic rings. The predicted octanol–water partition coefficient (Wildman–Crippen LogP) is 5.56. The molecular weight excluding hydrogens is 385 g/mol. The van der Waals surface area contributed by atoms with E-state index in [0.29, 0.717) is 12.8 Å². The number of allylic oxidation sites excluding steroid dienone is 3. The zero-order valence-electron chi connectivity index (χ0n) is 10.9. The molecule has 0 radical (unpaired) electrons. The summed E-state index contributed by atoms with van der Waals surface area (Å²) in [7, 11) is 0. The second-order valence-electron chi connectivity index (χ2n) is 5.91. The average molecular weight is 399 g/mol. The maximum Gasteiger partial charge on any atom is 0.166 e. The Labute approximate surface area is 148 Å². The Morgan fingerprint density at radius 1 is 1.20 bits per heavy atom. The highest BCUT2D eigenvalue weighted by Crippen LogP contribution is 2.74. The maximum absolute atomic E-state index is 9.68. The number of fused-ring (bicyclic) bond motifs is 2. The number of aliphatic hydroxyl groups is 1. The molecule has 0 unspecified atom stereocenters. The Morgan fingerprint density at radius 2 is 1.75 bits per heavy atom. The van der Waals surface area contributed by atoms with Crippen molar-refractivity contribution in [2.24, 2.45) is 5.92 Å². The van der Waals surface area contributed by atoms with Gasteiger partial charge in [-0.2, -0.15) is 0 Å². The summed E-state index contributed by atoms with van der Waals surface area (Å²) >= 11 is 38.3. The standard InChI is InChI=1S/C13H14Cl6O/c1-10(2,20)5-3-4-7-6-11(16)8(14)9(15)12(7,17)13(11,18)19/h3,5,7,20H,4,6H2,1-2H3/b5-3+/t7-,11-,12+/m1/s1. The highest BCUT2D eigenvalue weighted by molar-refractivity contribution is 6.65. The van der Waals surface area contributed by atoms with Crippen molar-refractivity contribution in [1.82, 2.24) is 0 Å². The molecule has 0 amide bonds. The second-order valence-corrected chi connectivity index (χ2v) is 9.23. The Hall–Kier alpha value is 1.18. The van der Waals surface area contributed by atoms with Crippen molar-refractivity contribution in [3.63, 3.8) is 0 Å². The first-order valence-corrected chi connectivity index (χ1v) is 8.36. The third-order valence-corrected chi connectivity index (χ3v) is 8.18. The monoisotopic (exact) mass is 396 g/mol. The fourth-order valence-corrected chi connectivity index (χ4v) is 5.65. The van der Waals surface area contributed by atoms with Gasteiger partial charge in [0.25, 0.3) is 0 Å². The van der Waals surface area contributed by atoms with Crippen molar-refractivity contribution in [3.8, 4) is 0 Å². The minimum atomic E-state index is -1.47. The van der Waals surface area contributed by atoms with Gasteiger partial charge in [-0.25, -0.2) is 0 Å². The van der Waals surface area contributed by atoms with E-state index in [-0.39, 0.29) is 16.0 Å². The molecule has 7 heteroatoms. The van der Waals surface area contributed by atoms with Crippen LogP contribution in [0.15, 0.2) is 22.2 Å². The molecule has 1 saturated carbocycles. The lowest BCUT2D eigenvalue weighted by Gasteiger charge is -2.33. The average Bonchev–Trinajstić information content (AvgIpc) is 2.50. The van der Waals surface area contributed by atoms with E-state index < -0.39 is 19.7 Å². The van der Waals surface area contributed by atoms with Crippen LogP contribution in [0.2, 0.25) is 0 Å². The number of hydrogen-bond donors (Lipinski definition) is 1.